The first-order valence-electron chi connectivity index (χ1n) is 2.30. The zero-order valence-electron chi connectivity index (χ0n) is 4.58. The summed E-state index contributed by atoms with van der Waals surface area (Å²) in [6.07, 6.45) is -2.48. The average Bonchev–Trinajstić information content (AvgIpc) is 1.82. The Morgan fingerprint density at radius 2 is 1.67 bits per heavy atom. The second kappa shape index (κ2) is 4.35. The fraction of sp³-hybridized carbons (Fsp3) is 0.600. The van der Waals surface area contributed by atoms with Gasteiger partial charge in [-0.15, -0.1) is 0 Å². The highest BCUT2D eigenvalue weighted by Gasteiger charge is 2.00. The molecule has 0 fully saturated rings. The van der Waals surface area contributed by atoms with E-state index in [-0.39, 0.29) is 6.08 Å². The molecule has 9 heavy (non-hydrogen) atoms. The predicted octanol–water partition coefficient (Wildman–Crippen LogP) is 2.12. The Balaban J connectivity index is 3.75. The van der Waals surface area contributed by atoms with Gasteiger partial charge < -0.3 is 0 Å². The van der Waals surface area contributed by atoms with Crippen LogP contribution in [0, 0.1) is 0 Å². The Kier molecular flexibility index (Phi) is 4.09. The summed E-state index contributed by atoms with van der Waals surface area (Å²) in [5.74, 6) is 0. The van der Waals surface area contributed by atoms with Crippen LogP contribution in [0.4, 0.5) is 17.6 Å². The number of halogens is 4. The molecule has 0 unspecified atom stereocenters. The smallest absolute Gasteiger partial charge is 0.246 e. The van der Waals surface area contributed by atoms with E-state index in [2.05, 4.69) is 0 Å². The molecule has 0 saturated heterocycles. The van der Waals surface area contributed by atoms with Gasteiger partial charge in [-0.1, -0.05) is 0 Å². The molecule has 0 aliphatic heterocycles. The lowest BCUT2D eigenvalue weighted by Gasteiger charge is -1.93. The third-order valence-corrected chi connectivity index (χ3v) is 0.705. The molecule has 0 bridgehead atoms. The van der Waals surface area contributed by atoms with Gasteiger partial charge in [-0.05, 0) is 11.6 Å². The first kappa shape index (κ1) is 8.46. The number of alkyl halides is 4. The van der Waals surface area contributed by atoms with Crippen molar-refractivity contribution >= 4 is 0 Å². The van der Waals surface area contributed by atoms with Crippen molar-refractivity contribution in [1.29, 1.82) is 0 Å². The summed E-state index contributed by atoms with van der Waals surface area (Å²) in [4.78, 5) is 0. The van der Waals surface area contributed by atoms with Crippen LogP contribution in [-0.2, 0) is 0 Å². The van der Waals surface area contributed by atoms with Crippen LogP contribution in [0.5, 0.6) is 0 Å². The van der Waals surface area contributed by atoms with E-state index in [0.717, 1.165) is 0 Å². The van der Waals surface area contributed by atoms with Crippen molar-refractivity contribution in [2.24, 2.45) is 0 Å². The number of hydrogen-bond acceptors (Lipinski definition) is 0. The van der Waals surface area contributed by atoms with Gasteiger partial charge in [0.15, 0.2) is 0 Å². The second-order valence-corrected chi connectivity index (χ2v) is 1.43. The van der Waals surface area contributed by atoms with Crippen molar-refractivity contribution in [3.8, 4) is 0 Å². The summed E-state index contributed by atoms with van der Waals surface area (Å²) < 4.78 is 45.3. The minimum atomic E-state index is -2.76. The fourth-order valence-corrected chi connectivity index (χ4v) is 0.303. The van der Waals surface area contributed by atoms with E-state index in [4.69, 9.17) is 0 Å². The molecule has 0 amide bonds. The number of rotatable bonds is 3. The lowest BCUT2D eigenvalue weighted by Crippen LogP contribution is -1.92. The zero-order valence-corrected chi connectivity index (χ0v) is 4.58. The SMILES string of the molecule is FCC(=CC(F)F)CF. The van der Waals surface area contributed by atoms with E-state index in [1.165, 1.54) is 0 Å². The van der Waals surface area contributed by atoms with Crippen molar-refractivity contribution in [3.05, 3.63) is 11.6 Å². The van der Waals surface area contributed by atoms with Crippen LogP contribution in [0.2, 0.25) is 0 Å². The van der Waals surface area contributed by atoms with Crippen molar-refractivity contribution < 1.29 is 17.6 Å². The Hall–Kier alpha value is -0.540. The lowest BCUT2D eigenvalue weighted by molar-refractivity contribution is 0.201. The molecule has 0 atom stereocenters. The van der Waals surface area contributed by atoms with Crippen LogP contribution in [-0.4, -0.2) is 19.8 Å². The molecule has 0 saturated carbocycles. The van der Waals surface area contributed by atoms with E-state index < -0.39 is 25.3 Å². The van der Waals surface area contributed by atoms with Gasteiger partial charge in [0.25, 0.3) is 6.43 Å². The third kappa shape index (κ3) is 4.00. The Morgan fingerprint density at radius 3 is 1.78 bits per heavy atom. The monoisotopic (exact) mass is 142 g/mol. The largest absolute Gasteiger partial charge is 0.257 e. The first-order chi connectivity index (χ1) is 4.20. The summed E-state index contributed by atoms with van der Waals surface area (Å²) in [5, 5.41) is 0. The second-order valence-electron chi connectivity index (χ2n) is 1.43. The average molecular weight is 142 g/mol. The van der Waals surface area contributed by atoms with Gasteiger partial charge in [0.05, 0.1) is 0 Å². The molecule has 0 heterocycles. The Bertz CT molecular complexity index is 91.1. The molecule has 0 rings (SSSR count). The minimum absolute atomic E-state index is 0.278. The van der Waals surface area contributed by atoms with Gasteiger partial charge in [0.1, 0.15) is 13.3 Å². The van der Waals surface area contributed by atoms with Crippen LogP contribution in [0.15, 0.2) is 11.6 Å². The highest BCUT2D eigenvalue weighted by Crippen LogP contribution is 2.02. The summed E-state index contributed by atoms with van der Waals surface area (Å²) in [5.41, 5.74) is -0.495. The van der Waals surface area contributed by atoms with Crippen LogP contribution in [0.1, 0.15) is 0 Å². The predicted molar refractivity (Wildman–Crippen MR) is 26.0 cm³/mol. The van der Waals surface area contributed by atoms with Crippen molar-refractivity contribution in [2.45, 2.75) is 6.43 Å². The number of hydrogen-bond donors (Lipinski definition) is 0. The molecular weight excluding hydrogens is 136 g/mol. The number of allylic oxidation sites excluding steroid dienone is 2. The molecular formula is C5H6F4. The van der Waals surface area contributed by atoms with Crippen molar-refractivity contribution in [3.63, 3.8) is 0 Å². The molecule has 0 aromatic carbocycles. The molecule has 0 N–H and O–H groups in total. The van der Waals surface area contributed by atoms with Crippen LogP contribution < -0.4 is 0 Å². The van der Waals surface area contributed by atoms with Gasteiger partial charge >= 0.3 is 0 Å². The fourth-order valence-electron chi connectivity index (χ4n) is 0.303. The molecule has 54 valence electrons. The highest BCUT2D eigenvalue weighted by atomic mass is 19.3. The molecule has 0 spiro atoms. The van der Waals surface area contributed by atoms with E-state index in [0.29, 0.717) is 0 Å². The lowest BCUT2D eigenvalue weighted by atomic mass is 10.3. The summed E-state index contributed by atoms with van der Waals surface area (Å²) in [7, 11) is 0. The summed E-state index contributed by atoms with van der Waals surface area (Å²) in [6, 6.07) is 0. The van der Waals surface area contributed by atoms with Crippen LogP contribution in [0.25, 0.3) is 0 Å². The molecule has 4 heteroatoms. The molecule has 0 radical (unpaired) electrons. The standard InChI is InChI=1S/C5H6F4/c6-2-4(3-7)1-5(8)9/h1,5H,2-3H2. The quantitative estimate of drug-likeness (QED) is 0.418. The van der Waals surface area contributed by atoms with Gasteiger partial charge in [-0.2, -0.15) is 0 Å². The maximum Gasteiger partial charge on any atom is 0.257 e. The van der Waals surface area contributed by atoms with E-state index in [1.54, 1.807) is 0 Å². The molecule has 0 aromatic heterocycles. The topological polar surface area (TPSA) is 0 Å². The molecule has 0 aliphatic rings. The van der Waals surface area contributed by atoms with E-state index in [9.17, 15) is 17.6 Å². The molecule has 0 nitrogen and oxygen atoms in total. The normalized spacial score (nSPS) is 9.89. The summed E-state index contributed by atoms with van der Waals surface area (Å²) in [6.45, 7) is -2.28. The van der Waals surface area contributed by atoms with E-state index in [1.807, 2.05) is 0 Å². The van der Waals surface area contributed by atoms with Gasteiger partial charge in [0.2, 0.25) is 0 Å². The van der Waals surface area contributed by atoms with Crippen molar-refractivity contribution in [2.75, 3.05) is 13.3 Å². The maximum absolute atomic E-state index is 11.4. The Labute approximate surface area is 50.2 Å². The Morgan fingerprint density at radius 1 is 1.22 bits per heavy atom. The molecule has 0 aliphatic carbocycles. The zero-order chi connectivity index (χ0) is 7.28. The minimum Gasteiger partial charge on any atom is -0.246 e. The summed E-state index contributed by atoms with van der Waals surface area (Å²) >= 11 is 0. The molecule has 0 aromatic rings. The van der Waals surface area contributed by atoms with Crippen LogP contribution >= 0.6 is 0 Å². The van der Waals surface area contributed by atoms with Crippen LogP contribution in [0.3, 0.4) is 0 Å². The van der Waals surface area contributed by atoms with Crippen molar-refractivity contribution in [1.82, 2.24) is 0 Å². The van der Waals surface area contributed by atoms with Gasteiger partial charge in [-0.25, -0.2) is 17.6 Å². The third-order valence-electron chi connectivity index (χ3n) is 0.705. The highest BCUT2D eigenvalue weighted by molar-refractivity contribution is 5.03. The van der Waals surface area contributed by atoms with E-state index >= 15 is 0 Å². The van der Waals surface area contributed by atoms with Gasteiger partial charge in [0, 0.05) is 0 Å². The maximum atomic E-state index is 11.4. The van der Waals surface area contributed by atoms with Gasteiger partial charge in [-0.3, -0.25) is 0 Å². The first-order valence-corrected chi connectivity index (χ1v) is 2.30.